The van der Waals surface area contributed by atoms with E-state index in [0.29, 0.717) is 48.0 Å². The van der Waals surface area contributed by atoms with Crippen molar-refractivity contribution in [2.45, 2.75) is 65.3 Å². The van der Waals surface area contributed by atoms with Crippen LogP contribution in [-0.4, -0.2) is 75.7 Å². The first-order valence-electron chi connectivity index (χ1n) is 15.3. The zero-order valence-electron chi connectivity index (χ0n) is 25.9. The highest BCUT2D eigenvalue weighted by Crippen LogP contribution is 2.39. The van der Waals surface area contributed by atoms with Gasteiger partial charge >= 0.3 is 12.1 Å². The van der Waals surface area contributed by atoms with Gasteiger partial charge in [0.25, 0.3) is 5.91 Å². The lowest BCUT2D eigenvalue weighted by atomic mass is 9.99. The summed E-state index contributed by atoms with van der Waals surface area (Å²) < 4.78 is 28.5. The van der Waals surface area contributed by atoms with Gasteiger partial charge in [0.05, 0.1) is 35.9 Å². The molecule has 4 heterocycles. The highest BCUT2D eigenvalue weighted by Gasteiger charge is 2.42. The molecule has 1 saturated heterocycles. The number of hydrogen-bond acceptors (Lipinski definition) is 7. The molecule has 0 bridgehead atoms. The molecule has 45 heavy (non-hydrogen) atoms. The number of esters is 1. The van der Waals surface area contributed by atoms with Gasteiger partial charge in [0.1, 0.15) is 11.4 Å². The second-order valence-corrected chi connectivity index (χ2v) is 13.0. The fourth-order valence-electron chi connectivity index (χ4n) is 6.30. The minimum absolute atomic E-state index is 0.0645. The number of carbonyl (C=O) groups excluding carboxylic acids is 3. The maximum atomic E-state index is 15.6. The van der Waals surface area contributed by atoms with Gasteiger partial charge in [0.2, 0.25) is 0 Å². The third kappa shape index (κ3) is 5.97. The lowest BCUT2D eigenvalue weighted by Crippen LogP contribution is -2.50. The molecule has 238 valence electrons. The van der Waals surface area contributed by atoms with E-state index in [1.807, 2.05) is 37.5 Å². The molecule has 0 spiro atoms. The predicted octanol–water partition coefficient (Wildman–Crippen LogP) is 5.61. The van der Waals surface area contributed by atoms with Gasteiger partial charge in [-0.05, 0) is 75.9 Å². The monoisotopic (exact) mass is 637 g/mol. The molecular weight excluding hydrogens is 601 g/mol. The molecule has 0 N–H and O–H groups in total. The molecule has 0 radical (unpaired) electrons. The van der Waals surface area contributed by atoms with Crippen LogP contribution in [0.1, 0.15) is 67.5 Å². The largest absolute Gasteiger partial charge is 0.464 e. The Morgan fingerprint density at radius 2 is 1.82 bits per heavy atom. The van der Waals surface area contributed by atoms with Gasteiger partial charge in [-0.3, -0.25) is 4.79 Å². The van der Waals surface area contributed by atoms with E-state index in [0.717, 1.165) is 30.8 Å². The number of ether oxygens (including phenoxy) is 2. The van der Waals surface area contributed by atoms with Crippen LogP contribution in [-0.2, 0) is 33.8 Å². The maximum Gasteiger partial charge on any atom is 0.410 e. The molecule has 0 aliphatic carbocycles. The molecule has 1 aromatic heterocycles. The Morgan fingerprint density at radius 3 is 2.51 bits per heavy atom. The minimum Gasteiger partial charge on any atom is -0.464 e. The van der Waals surface area contributed by atoms with Crippen LogP contribution in [0.4, 0.5) is 14.9 Å². The molecule has 12 heteroatoms. The normalized spacial score (nSPS) is 16.9. The number of imidazole rings is 1. The molecule has 6 rings (SSSR count). The Morgan fingerprint density at radius 1 is 1.07 bits per heavy atom. The summed E-state index contributed by atoms with van der Waals surface area (Å²) in [7, 11) is 0. The Hall–Kier alpha value is -4.12. The van der Waals surface area contributed by atoms with Crippen LogP contribution < -0.4 is 4.90 Å². The molecule has 3 aliphatic heterocycles. The van der Waals surface area contributed by atoms with Crippen LogP contribution in [0.25, 0.3) is 11.1 Å². The van der Waals surface area contributed by atoms with Crippen molar-refractivity contribution in [1.29, 1.82) is 0 Å². The van der Waals surface area contributed by atoms with E-state index in [1.165, 1.54) is 11.0 Å². The van der Waals surface area contributed by atoms with Crippen LogP contribution in [0.15, 0.2) is 36.7 Å². The zero-order valence-corrected chi connectivity index (χ0v) is 26.7. The van der Waals surface area contributed by atoms with Crippen molar-refractivity contribution in [3.63, 3.8) is 0 Å². The molecule has 1 unspecified atom stereocenters. The first-order valence-corrected chi connectivity index (χ1v) is 15.7. The number of aryl methyl sites for hydroxylation is 1. The molecule has 0 saturated carbocycles. The van der Waals surface area contributed by atoms with Gasteiger partial charge in [0, 0.05) is 49.5 Å². The third-order valence-electron chi connectivity index (χ3n) is 8.44. The number of hydrogen-bond donors (Lipinski definition) is 0. The number of aromatic nitrogens is 2. The summed E-state index contributed by atoms with van der Waals surface area (Å²) in [4.78, 5) is 49.1. The van der Waals surface area contributed by atoms with Crippen LogP contribution in [0.5, 0.6) is 0 Å². The SMILES string of the molecule is CCOC(=O)C(c1ncn2c1CCC2)N1Cc2c(F)cc(-c3ccc(N4CCN(C(=O)OC(C)(C)C)CC4)c(Cl)c3)cc2C1=O. The third-order valence-corrected chi connectivity index (χ3v) is 8.74. The quantitative estimate of drug-likeness (QED) is 0.324. The predicted molar refractivity (Wildman–Crippen MR) is 167 cm³/mol. The number of halogens is 2. The van der Waals surface area contributed by atoms with Gasteiger partial charge in [-0.25, -0.2) is 19.0 Å². The van der Waals surface area contributed by atoms with E-state index < -0.39 is 29.3 Å². The molecule has 1 atom stereocenters. The Balaban J connectivity index is 1.22. The van der Waals surface area contributed by atoms with Crippen molar-refractivity contribution in [2.24, 2.45) is 0 Å². The van der Waals surface area contributed by atoms with Crippen LogP contribution in [0.2, 0.25) is 5.02 Å². The zero-order chi connectivity index (χ0) is 32.0. The summed E-state index contributed by atoms with van der Waals surface area (Å²) in [6.45, 7) is 10.3. The van der Waals surface area contributed by atoms with Gasteiger partial charge in [0.15, 0.2) is 6.04 Å². The van der Waals surface area contributed by atoms with Crippen molar-refractivity contribution in [2.75, 3.05) is 37.7 Å². The van der Waals surface area contributed by atoms with Crippen molar-refractivity contribution in [1.82, 2.24) is 19.4 Å². The summed E-state index contributed by atoms with van der Waals surface area (Å²) >= 11 is 6.74. The van der Waals surface area contributed by atoms with E-state index in [-0.39, 0.29) is 30.4 Å². The average Bonchev–Trinajstić information content (AvgIpc) is 3.69. The summed E-state index contributed by atoms with van der Waals surface area (Å²) in [5, 5.41) is 0.475. The van der Waals surface area contributed by atoms with Crippen molar-refractivity contribution >= 4 is 35.3 Å². The van der Waals surface area contributed by atoms with E-state index >= 15 is 4.39 Å². The van der Waals surface area contributed by atoms with Crippen LogP contribution in [0.3, 0.4) is 0 Å². The van der Waals surface area contributed by atoms with Crippen molar-refractivity contribution in [3.8, 4) is 11.1 Å². The first kappa shape index (κ1) is 30.9. The number of nitrogens with zero attached hydrogens (tertiary/aromatic N) is 5. The fourth-order valence-corrected chi connectivity index (χ4v) is 6.60. The first-order chi connectivity index (χ1) is 21.4. The number of rotatable bonds is 6. The van der Waals surface area contributed by atoms with Crippen LogP contribution in [0, 0.1) is 5.82 Å². The average molecular weight is 638 g/mol. The number of amides is 2. The fraction of sp³-hybridized carbons (Fsp3) is 0.455. The summed E-state index contributed by atoms with van der Waals surface area (Å²) in [6, 6.07) is 7.46. The van der Waals surface area contributed by atoms with Crippen molar-refractivity contribution in [3.05, 3.63) is 70.0 Å². The Labute approximate surface area is 266 Å². The smallest absolute Gasteiger partial charge is 0.410 e. The van der Waals surface area contributed by atoms with Gasteiger partial charge in [-0.15, -0.1) is 0 Å². The van der Waals surface area contributed by atoms with Gasteiger partial charge < -0.3 is 28.7 Å². The van der Waals surface area contributed by atoms with Crippen molar-refractivity contribution < 1.29 is 28.2 Å². The lowest BCUT2D eigenvalue weighted by Gasteiger charge is -2.37. The Kier molecular flexibility index (Phi) is 8.24. The van der Waals surface area contributed by atoms with E-state index in [4.69, 9.17) is 21.1 Å². The van der Waals surface area contributed by atoms with E-state index in [2.05, 4.69) is 9.88 Å². The molecular formula is C33H37ClFN5O5. The second kappa shape index (κ2) is 12.0. The van der Waals surface area contributed by atoms with E-state index in [1.54, 1.807) is 30.3 Å². The Bertz CT molecular complexity index is 1660. The summed E-state index contributed by atoms with van der Waals surface area (Å²) in [6.07, 6.45) is 3.02. The summed E-state index contributed by atoms with van der Waals surface area (Å²) in [5.41, 5.74) is 3.22. The number of fused-ring (bicyclic) bond motifs is 2. The topological polar surface area (TPSA) is 97.2 Å². The standard InChI is InChI=1S/C33H37ClFN5O5/c1-5-44-31(42)29(28-27-7-6-10-39(27)19-36-28)40-18-23-22(30(40)41)15-21(17-25(23)35)20-8-9-26(24(34)16-20)37-11-13-38(14-12-37)32(43)45-33(2,3)4/h8-9,15-17,19,29H,5-7,10-14,18H2,1-4H3. The number of carbonyl (C=O) groups is 3. The number of benzene rings is 2. The summed E-state index contributed by atoms with van der Waals surface area (Å²) in [5.74, 6) is -1.56. The molecule has 3 aliphatic rings. The second-order valence-electron chi connectivity index (χ2n) is 12.6. The highest BCUT2D eigenvalue weighted by molar-refractivity contribution is 6.33. The molecule has 1 fully saturated rings. The minimum atomic E-state index is -1.06. The lowest BCUT2D eigenvalue weighted by molar-refractivity contribution is -0.149. The number of piperazine rings is 1. The molecule has 2 aromatic carbocycles. The van der Waals surface area contributed by atoms with Gasteiger partial charge in [-0.1, -0.05) is 17.7 Å². The molecule has 10 nitrogen and oxygen atoms in total. The highest BCUT2D eigenvalue weighted by atomic mass is 35.5. The molecule has 2 amide bonds. The van der Waals surface area contributed by atoms with E-state index in [9.17, 15) is 14.4 Å². The van der Waals surface area contributed by atoms with Gasteiger partial charge in [-0.2, -0.15) is 0 Å². The van der Waals surface area contributed by atoms with Crippen LogP contribution >= 0.6 is 11.6 Å². The maximum absolute atomic E-state index is 15.6. The number of anilines is 1. The molecule has 3 aromatic rings.